The lowest BCUT2D eigenvalue weighted by molar-refractivity contribution is -0.156. The highest BCUT2D eigenvalue weighted by Gasteiger charge is 2.45. The van der Waals surface area contributed by atoms with Crippen molar-refractivity contribution in [3.63, 3.8) is 0 Å². The van der Waals surface area contributed by atoms with Gasteiger partial charge in [0.1, 0.15) is 6.04 Å². The molecule has 1 amide bonds. The number of rotatable bonds is 4. The van der Waals surface area contributed by atoms with Crippen molar-refractivity contribution in [2.24, 2.45) is 5.92 Å². The number of carbonyl (C=O) groups is 2. The van der Waals surface area contributed by atoms with Gasteiger partial charge in [-0.05, 0) is 25.7 Å². The number of carbonyl (C=O) groups excluding carboxylic acids is 1. The lowest BCUT2D eigenvalue weighted by Gasteiger charge is -2.47. The molecule has 1 saturated heterocycles. The van der Waals surface area contributed by atoms with Crippen molar-refractivity contribution in [1.29, 1.82) is 0 Å². The molecule has 2 N–H and O–H groups in total. The van der Waals surface area contributed by atoms with Crippen LogP contribution in [0.4, 0.5) is 0 Å². The van der Waals surface area contributed by atoms with Crippen molar-refractivity contribution in [2.45, 2.75) is 43.8 Å². The molecular formula is C13H20N2O4. The van der Waals surface area contributed by atoms with Crippen LogP contribution in [0.5, 0.6) is 0 Å². The molecule has 3 fully saturated rings. The molecular weight excluding hydrogens is 248 g/mol. The average Bonchev–Trinajstić information content (AvgIpc) is 3.11. The van der Waals surface area contributed by atoms with Crippen LogP contribution in [0, 0.1) is 5.92 Å². The van der Waals surface area contributed by atoms with Gasteiger partial charge < -0.3 is 15.2 Å². The van der Waals surface area contributed by atoms with Crippen molar-refractivity contribution in [3.05, 3.63) is 0 Å². The number of hydrogen-bond acceptors (Lipinski definition) is 4. The standard InChI is InChI=1S/C13H20N2O4/c16-12(14-8-1-2-8)11-7-19-6-5-15(11)10-4-3-9(10)13(17)18/h8-11H,1-7H2,(H,14,16)(H,17,18). The van der Waals surface area contributed by atoms with Crippen LogP contribution in [0.3, 0.4) is 0 Å². The first-order valence-corrected chi connectivity index (χ1v) is 7.03. The quantitative estimate of drug-likeness (QED) is 0.740. The summed E-state index contributed by atoms with van der Waals surface area (Å²) in [5, 5.41) is 12.1. The number of aliphatic carboxylic acids is 1. The first-order chi connectivity index (χ1) is 9.16. The van der Waals surface area contributed by atoms with Crippen LogP contribution < -0.4 is 5.32 Å². The summed E-state index contributed by atoms with van der Waals surface area (Å²) in [6.07, 6.45) is 3.69. The fourth-order valence-electron chi connectivity index (χ4n) is 2.93. The Kier molecular flexibility index (Phi) is 3.45. The van der Waals surface area contributed by atoms with Gasteiger partial charge in [0.25, 0.3) is 0 Å². The van der Waals surface area contributed by atoms with Crippen molar-refractivity contribution in [3.8, 4) is 0 Å². The molecule has 19 heavy (non-hydrogen) atoms. The fourth-order valence-corrected chi connectivity index (χ4v) is 2.93. The molecule has 6 heteroatoms. The van der Waals surface area contributed by atoms with Gasteiger partial charge in [-0.25, -0.2) is 0 Å². The highest BCUT2D eigenvalue weighted by Crippen LogP contribution is 2.34. The Labute approximate surface area is 112 Å². The number of nitrogens with zero attached hydrogens (tertiary/aromatic N) is 1. The molecule has 6 nitrogen and oxygen atoms in total. The summed E-state index contributed by atoms with van der Waals surface area (Å²) in [7, 11) is 0. The summed E-state index contributed by atoms with van der Waals surface area (Å²) in [5.74, 6) is -1.07. The second-order valence-corrected chi connectivity index (χ2v) is 5.70. The zero-order valence-corrected chi connectivity index (χ0v) is 10.9. The van der Waals surface area contributed by atoms with Gasteiger partial charge >= 0.3 is 5.97 Å². The topological polar surface area (TPSA) is 78.9 Å². The Bertz CT molecular complexity index is 383. The number of nitrogens with one attached hydrogen (secondary N) is 1. The minimum Gasteiger partial charge on any atom is -0.481 e. The molecule has 0 aromatic rings. The third-order valence-electron chi connectivity index (χ3n) is 4.38. The fraction of sp³-hybridized carbons (Fsp3) is 0.846. The van der Waals surface area contributed by atoms with E-state index in [0.717, 1.165) is 19.3 Å². The molecule has 3 aliphatic rings. The van der Waals surface area contributed by atoms with E-state index in [1.54, 1.807) is 0 Å². The van der Waals surface area contributed by atoms with Crippen molar-refractivity contribution in [2.75, 3.05) is 19.8 Å². The second-order valence-electron chi connectivity index (χ2n) is 5.70. The average molecular weight is 268 g/mol. The van der Waals surface area contributed by atoms with Crippen LogP contribution in [-0.2, 0) is 14.3 Å². The number of amides is 1. The molecule has 0 aromatic heterocycles. The van der Waals surface area contributed by atoms with E-state index >= 15 is 0 Å². The lowest BCUT2D eigenvalue weighted by atomic mass is 9.77. The van der Waals surface area contributed by atoms with Crippen LogP contribution in [0.15, 0.2) is 0 Å². The van der Waals surface area contributed by atoms with Gasteiger partial charge in [0.15, 0.2) is 0 Å². The van der Waals surface area contributed by atoms with E-state index in [1.807, 2.05) is 4.90 Å². The molecule has 3 rings (SSSR count). The molecule has 0 spiro atoms. The zero-order valence-electron chi connectivity index (χ0n) is 10.9. The third kappa shape index (κ3) is 2.60. The molecule has 1 heterocycles. The molecule has 3 unspecified atom stereocenters. The van der Waals surface area contributed by atoms with Gasteiger partial charge in [0.2, 0.25) is 5.91 Å². The van der Waals surface area contributed by atoms with Gasteiger partial charge in [-0.3, -0.25) is 14.5 Å². The van der Waals surface area contributed by atoms with E-state index in [2.05, 4.69) is 5.32 Å². The van der Waals surface area contributed by atoms with E-state index in [9.17, 15) is 9.59 Å². The molecule has 1 aliphatic heterocycles. The lowest BCUT2D eigenvalue weighted by Crippen LogP contribution is -2.62. The monoisotopic (exact) mass is 268 g/mol. The molecule has 2 saturated carbocycles. The Morgan fingerprint density at radius 3 is 2.58 bits per heavy atom. The smallest absolute Gasteiger partial charge is 0.308 e. The first-order valence-electron chi connectivity index (χ1n) is 7.03. The summed E-state index contributed by atoms with van der Waals surface area (Å²) in [6.45, 7) is 1.61. The Morgan fingerprint density at radius 2 is 2.00 bits per heavy atom. The van der Waals surface area contributed by atoms with Crippen LogP contribution in [0.1, 0.15) is 25.7 Å². The largest absolute Gasteiger partial charge is 0.481 e. The summed E-state index contributed by atoms with van der Waals surface area (Å²) in [5.41, 5.74) is 0. The molecule has 2 aliphatic carbocycles. The highest BCUT2D eigenvalue weighted by atomic mass is 16.5. The summed E-state index contributed by atoms with van der Waals surface area (Å²) in [4.78, 5) is 25.4. The van der Waals surface area contributed by atoms with Crippen LogP contribution in [0.2, 0.25) is 0 Å². The maximum atomic E-state index is 12.2. The van der Waals surface area contributed by atoms with E-state index < -0.39 is 5.97 Å². The Morgan fingerprint density at radius 1 is 1.21 bits per heavy atom. The maximum Gasteiger partial charge on any atom is 0.308 e. The predicted octanol–water partition coefficient (Wildman–Crippen LogP) is -0.171. The minimum absolute atomic E-state index is 0.00163. The van der Waals surface area contributed by atoms with Crippen LogP contribution in [0.25, 0.3) is 0 Å². The Hall–Kier alpha value is -1.14. The van der Waals surface area contributed by atoms with E-state index in [1.165, 1.54) is 0 Å². The molecule has 0 bridgehead atoms. The molecule has 3 atom stereocenters. The van der Waals surface area contributed by atoms with Gasteiger partial charge in [-0.2, -0.15) is 0 Å². The van der Waals surface area contributed by atoms with Gasteiger partial charge in [-0.1, -0.05) is 0 Å². The summed E-state index contributed by atoms with van der Waals surface area (Å²) in [6, 6.07) is 0.00536. The van der Waals surface area contributed by atoms with E-state index in [4.69, 9.17) is 9.84 Å². The van der Waals surface area contributed by atoms with E-state index in [0.29, 0.717) is 32.2 Å². The zero-order chi connectivity index (χ0) is 13.4. The third-order valence-corrected chi connectivity index (χ3v) is 4.38. The van der Waals surface area contributed by atoms with Gasteiger partial charge in [0.05, 0.1) is 19.1 Å². The molecule has 0 aromatic carbocycles. The van der Waals surface area contributed by atoms with Crippen molar-refractivity contribution >= 4 is 11.9 Å². The maximum absolute atomic E-state index is 12.2. The van der Waals surface area contributed by atoms with Crippen LogP contribution >= 0.6 is 0 Å². The van der Waals surface area contributed by atoms with E-state index in [-0.39, 0.29) is 23.9 Å². The van der Waals surface area contributed by atoms with Gasteiger partial charge in [0, 0.05) is 18.6 Å². The number of carboxylic acid groups (broad SMARTS) is 1. The summed E-state index contributed by atoms with van der Waals surface area (Å²) >= 11 is 0. The molecule has 106 valence electrons. The first kappa shape index (κ1) is 12.9. The second kappa shape index (κ2) is 5.09. The SMILES string of the molecule is O=C(O)C1CCC1N1CCOCC1C(=O)NC1CC1. The number of carboxylic acids is 1. The number of morpholine rings is 1. The van der Waals surface area contributed by atoms with Gasteiger partial charge in [-0.15, -0.1) is 0 Å². The highest BCUT2D eigenvalue weighted by molar-refractivity contribution is 5.83. The predicted molar refractivity (Wildman–Crippen MR) is 66.6 cm³/mol. The minimum atomic E-state index is -0.746. The van der Waals surface area contributed by atoms with Crippen molar-refractivity contribution in [1.82, 2.24) is 10.2 Å². The number of hydrogen-bond donors (Lipinski definition) is 2. The van der Waals surface area contributed by atoms with Crippen LogP contribution in [-0.4, -0.2) is 59.8 Å². The van der Waals surface area contributed by atoms with Crippen molar-refractivity contribution < 1.29 is 19.4 Å². The summed E-state index contributed by atoms with van der Waals surface area (Å²) < 4.78 is 5.40. The Balaban J connectivity index is 1.66. The molecule has 0 radical (unpaired) electrons. The number of ether oxygens (including phenoxy) is 1. The normalized spacial score (nSPS) is 35.5.